The minimum atomic E-state index is -0.297. The van der Waals surface area contributed by atoms with E-state index >= 15 is 0 Å². The third-order valence-electron chi connectivity index (χ3n) is 1.14. The topological polar surface area (TPSA) is 23.1 Å². The standard InChI is InChI=1S/C7H6Cl2O.Na/c1-4-2-5(8)7(10)6(9)3-4;/h2-3,10H,1H3;/q;+1/p-1. The minimum absolute atomic E-state index is 0. The molecule has 0 radical (unpaired) electrons. The summed E-state index contributed by atoms with van der Waals surface area (Å²) < 4.78 is 0. The van der Waals surface area contributed by atoms with Gasteiger partial charge in [0.05, 0.1) is 0 Å². The first-order valence-electron chi connectivity index (χ1n) is 2.74. The van der Waals surface area contributed by atoms with Crippen LogP contribution in [-0.4, -0.2) is 0 Å². The van der Waals surface area contributed by atoms with Gasteiger partial charge in [-0.25, -0.2) is 0 Å². The first kappa shape index (κ1) is 11.6. The average Bonchev–Trinajstić information content (AvgIpc) is 1.82. The van der Waals surface area contributed by atoms with Crippen molar-refractivity contribution >= 4 is 23.2 Å². The average molecular weight is 199 g/mol. The summed E-state index contributed by atoms with van der Waals surface area (Å²) in [6, 6.07) is 3.19. The van der Waals surface area contributed by atoms with Crippen molar-refractivity contribution in [2.24, 2.45) is 0 Å². The van der Waals surface area contributed by atoms with Crippen molar-refractivity contribution in [3.8, 4) is 5.75 Å². The van der Waals surface area contributed by atoms with E-state index in [9.17, 15) is 5.11 Å². The van der Waals surface area contributed by atoms with Crippen LogP contribution in [0.15, 0.2) is 12.1 Å². The minimum Gasteiger partial charge on any atom is -0.870 e. The summed E-state index contributed by atoms with van der Waals surface area (Å²) in [7, 11) is 0. The van der Waals surface area contributed by atoms with Crippen molar-refractivity contribution < 1.29 is 34.7 Å². The molecule has 0 heterocycles. The number of rotatable bonds is 0. The van der Waals surface area contributed by atoms with E-state index in [0.717, 1.165) is 5.56 Å². The predicted molar refractivity (Wildman–Crippen MR) is 40.6 cm³/mol. The van der Waals surface area contributed by atoms with E-state index in [0.29, 0.717) is 0 Å². The Kier molecular flexibility index (Phi) is 4.83. The van der Waals surface area contributed by atoms with E-state index in [1.807, 2.05) is 6.92 Å². The van der Waals surface area contributed by atoms with Gasteiger partial charge in [0.15, 0.2) is 0 Å². The Morgan fingerprint density at radius 2 is 1.55 bits per heavy atom. The molecule has 0 aromatic heterocycles. The molecule has 0 fully saturated rings. The molecular weight excluding hydrogens is 194 g/mol. The van der Waals surface area contributed by atoms with E-state index in [1.165, 1.54) is 0 Å². The largest absolute Gasteiger partial charge is 1.00 e. The molecule has 0 spiro atoms. The van der Waals surface area contributed by atoms with Crippen LogP contribution in [0.25, 0.3) is 0 Å². The molecule has 54 valence electrons. The molecule has 0 N–H and O–H groups in total. The molecule has 0 saturated carbocycles. The summed E-state index contributed by atoms with van der Waals surface area (Å²) in [6.07, 6.45) is 0. The molecule has 1 aromatic carbocycles. The smallest absolute Gasteiger partial charge is 0.870 e. The van der Waals surface area contributed by atoms with E-state index in [4.69, 9.17) is 23.2 Å². The zero-order valence-electron chi connectivity index (χ0n) is 6.32. The van der Waals surface area contributed by atoms with Crippen LogP contribution in [0, 0.1) is 6.92 Å². The molecule has 0 unspecified atom stereocenters. The third kappa shape index (κ3) is 2.85. The normalized spacial score (nSPS) is 9.00. The van der Waals surface area contributed by atoms with Crippen LogP contribution in [0.1, 0.15) is 5.56 Å². The molecule has 0 bridgehead atoms. The zero-order chi connectivity index (χ0) is 7.72. The van der Waals surface area contributed by atoms with Gasteiger partial charge >= 0.3 is 29.6 Å². The molecule has 0 atom stereocenters. The first-order chi connectivity index (χ1) is 4.61. The van der Waals surface area contributed by atoms with Gasteiger partial charge < -0.3 is 5.11 Å². The molecule has 4 heteroatoms. The fraction of sp³-hybridized carbons (Fsp3) is 0.143. The van der Waals surface area contributed by atoms with Gasteiger partial charge in [0.2, 0.25) is 0 Å². The van der Waals surface area contributed by atoms with Crippen LogP contribution in [0.2, 0.25) is 10.0 Å². The molecular formula is C7H5Cl2NaO. The molecule has 0 aliphatic rings. The van der Waals surface area contributed by atoms with Crippen LogP contribution in [0.3, 0.4) is 0 Å². The summed E-state index contributed by atoms with van der Waals surface area (Å²) in [6.45, 7) is 1.83. The Labute approximate surface area is 97.6 Å². The molecule has 0 aliphatic carbocycles. The first-order valence-corrected chi connectivity index (χ1v) is 3.49. The quantitative estimate of drug-likeness (QED) is 0.510. The second-order valence-corrected chi connectivity index (χ2v) is 2.87. The van der Waals surface area contributed by atoms with Gasteiger partial charge in [-0.3, -0.25) is 0 Å². The number of aryl methyl sites for hydroxylation is 1. The predicted octanol–water partition coefficient (Wildman–Crippen LogP) is -0.621. The maximum absolute atomic E-state index is 10.9. The van der Waals surface area contributed by atoms with Crippen molar-refractivity contribution in [3.63, 3.8) is 0 Å². The molecule has 0 aliphatic heterocycles. The van der Waals surface area contributed by atoms with E-state index in [-0.39, 0.29) is 45.4 Å². The zero-order valence-corrected chi connectivity index (χ0v) is 9.83. The van der Waals surface area contributed by atoms with Crippen molar-refractivity contribution in [2.75, 3.05) is 0 Å². The van der Waals surface area contributed by atoms with Gasteiger partial charge in [-0.2, -0.15) is 0 Å². The SMILES string of the molecule is Cc1cc(Cl)c([O-])c(Cl)c1.[Na+]. The second kappa shape index (κ2) is 4.58. The fourth-order valence-corrected chi connectivity index (χ4v) is 1.28. The van der Waals surface area contributed by atoms with Crippen molar-refractivity contribution in [3.05, 3.63) is 27.7 Å². The summed E-state index contributed by atoms with van der Waals surface area (Å²) in [4.78, 5) is 0. The number of halogens is 2. The summed E-state index contributed by atoms with van der Waals surface area (Å²) >= 11 is 11.0. The number of hydrogen-bond donors (Lipinski definition) is 0. The molecule has 1 aromatic rings. The Hall–Kier alpha value is 0.600. The van der Waals surface area contributed by atoms with Gasteiger partial charge in [0.25, 0.3) is 0 Å². The van der Waals surface area contributed by atoms with E-state index < -0.39 is 0 Å². The van der Waals surface area contributed by atoms with Crippen LogP contribution < -0.4 is 34.7 Å². The Balaban J connectivity index is 0.000001000. The van der Waals surface area contributed by atoms with Crippen molar-refractivity contribution in [1.29, 1.82) is 0 Å². The molecule has 0 amide bonds. The van der Waals surface area contributed by atoms with Gasteiger partial charge in [0.1, 0.15) is 0 Å². The van der Waals surface area contributed by atoms with Crippen LogP contribution in [0.4, 0.5) is 0 Å². The molecule has 11 heavy (non-hydrogen) atoms. The third-order valence-corrected chi connectivity index (χ3v) is 1.70. The molecule has 0 saturated heterocycles. The monoisotopic (exact) mass is 198 g/mol. The Morgan fingerprint density at radius 3 is 1.91 bits per heavy atom. The second-order valence-electron chi connectivity index (χ2n) is 2.06. The number of benzene rings is 1. The van der Waals surface area contributed by atoms with Crippen LogP contribution in [-0.2, 0) is 0 Å². The van der Waals surface area contributed by atoms with Gasteiger partial charge in [-0.1, -0.05) is 29.0 Å². The summed E-state index contributed by atoms with van der Waals surface area (Å²) in [5.74, 6) is -0.297. The Morgan fingerprint density at radius 1 is 1.18 bits per heavy atom. The number of hydrogen-bond acceptors (Lipinski definition) is 1. The van der Waals surface area contributed by atoms with Crippen molar-refractivity contribution in [1.82, 2.24) is 0 Å². The van der Waals surface area contributed by atoms with E-state index in [1.54, 1.807) is 12.1 Å². The Bertz CT molecular complexity index is 240. The fourth-order valence-electron chi connectivity index (χ4n) is 0.687. The molecule has 1 nitrogen and oxygen atoms in total. The van der Waals surface area contributed by atoms with Gasteiger partial charge in [-0.05, 0) is 24.6 Å². The van der Waals surface area contributed by atoms with Crippen LogP contribution in [0.5, 0.6) is 5.75 Å². The maximum atomic E-state index is 10.9. The van der Waals surface area contributed by atoms with E-state index in [2.05, 4.69) is 0 Å². The van der Waals surface area contributed by atoms with Crippen LogP contribution >= 0.6 is 23.2 Å². The summed E-state index contributed by atoms with van der Waals surface area (Å²) in [5, 5.41) is 11.2. The maximum Gasteiger partial charge on any atom is 1.00 e. The summed E-state index contributed by atoms with van der Waals surface area (Å²) in [5.41, 5.74) is 0.898. The molecule has 1 rings (SSSR count). The van der Waals surface area contributed by atoms with Gasteiger partial charge in [0, 0.05) is 10.0 Å². The van der Waals surface area contributed by atoms with Crippen molar-refractivity contribution in [2.45, 2.75) is 6.92 Å². The van der Waals surface area contributed by atoms with Gasteiger partial charge in [-0.15, -0.1) is 0 Å².